The molecule has 64 heavy (non-hydrogen) atoms. The zero-order valence-corrected chi connectivity index (χ0v) is 36.0. The molecule has 0 bridgehead atoms. The molecule has 13 aromatic rings. The fraction of sp³-hybridized carbons (Fsp3) is 0. The van der Waals surface area contributed by atoms with E-state index in [0.29, 0.717) is 0 Å². The molecule has 0 N–H and O–H groups in total. The van der Waals surface area contributed by atoms with Crippen LogP contribution in [-0.4, -0.2) is 21.8 Å². The van der Waals surface area contributed by atoms with Crippen LogP contribution in [0.4, 0.5) is 0 Å². The van der Waals surface area contributed by atoms with E-state index < -0.39 is 8.07 Å². The van der Waals surface area contributed by atoms with Crippen LogP contribution < -0.4 is 20.7 Å². The summed E-state index contributed by atoms with van der Waals surface area (Å²) >= 11 is 0. The van der Waals surface area contributed by atoms with E-state index >= 15 is 0 Å². The van der Waals surface area contributed by atoms with E-state index in [4.69, 9.17) is 0 Å². The summed E-state index contributed by atoms with van der Waals surface area (Å²) in [6.45, 7) is 0. The number of para-hydroxylation sites is 6. The third-order valence-corrected chi connectivity index (χ3v) is 18.4. The summed E-state index contributed by atoms with van der Waals surface area (Å²) in [5.41, 5.74) is 10.6. The van der Waals surface area contributed by atoms with Crippen molar-refractivity contribution in [1.82, 2.24) is 13.7 Å². The van der Waals surface area contributed by atoms with Crippen molar-refractivity contribution in [2.45, 2.75) is 0 Å². The van der Waals surface area contributed by atoms with Gasteiger partial charge >= 0.3 is 0 Å². The first-order chi connectivity index (χ1) is 31.8. The first kappa shape index (κ1) is 36.5. The van der Waals surface area contributed by atoms with Gasteiger partial charge in [0, 0.05) is 38.0 Å². The Morgan fingerprint density at radius 2 is 0.656 bits per heavy atom. The molecule has 0 aliphatic heterocycles. The number of nitrogens with zero attached hydrogens (tertiary/aromatic N) is 3. The molecule has 10 aromatic carbocycles. The molecule has 0 radical (unpaired) electrons. The molecule has 0 atom stereocenters. The first-order valence-corrected chi connectivity index (χ1v) is 24.1. The van der Waals surface area contributed by atoms with Crippen molar-refractivity contribution in [1.29, 1.82) is 0 Å². The molecule has 0 aliphatic carbocycles. The van der Waals surface area contributed by atoms with Gasteiger partial charge in [0.15, 0.2) is 8.07 Å². The lowest BCUT2D eigenvalue weighted by molar-refractivity contribution is 1.13. The topological polar surface area (TPSA) is 14.8 Å². The van der Waals surface area contributed by atoms with Crippen LogP contribution in [0.2, 0.25) is 0 Å². The van der Waals surface area contributed by atoms with E-state index in [1.807, 2.05) is 0 Å². The van der Waals surface area contributed by atoms with Crippen molar-refractivity contribution in [2.75, 3.05) is 0 Å². The molecule has 0 spiro atoms. The second-order valence-electron chi connectivity index (χ2n) is 16.8. The predicted octanol–water partition coefficient (Wildman–Crippen LogP) is 12.4. The normalized spacial score (nSPS) is 12.1. The Morgan fingerprint density at radius 1 is 0.250 bits per heavy atom. The van der Waals surface area contributed by atoms with Crippen LogP contribution in [0.15, 0.2) is 249 Å². The summed E-state index contributed by atoms with van der Waals surface area (Å²) in [4.78, 5) is 0. The average Bonchev–Trinajstić information content (AvgIpc) is 4.02. The highest BCUT2D eigenvalue weighted by atomic mass is 28.3. The van der Waals surface area contributed by atoms with Crippen LogP contribution >= 0.6 is 0 Å². The maximum atomic E-state index is 2.61. The maximum absolute atomic E-state index is 3.00. The number of fused-ring (bicyclic) bond motifs is 9. The van der Waals surface area contributed by atoms with Crippen molar-refractivity contribution < 1.29 is 0 Å². The van der Waals surface area contributed by atoms with Gasteiger partial charge in [0.2, 0.25) is 0 Å². The van der Waals surface area contributed by atoms with Gasteiger partial charge in [-0.05, 0) is 69.3 Å². The maximum Gasteiger partial charge on any atom is 0.181 e. The van der Waals surface area contributed by atoms with Gasteiger partial charge in [-0.15, -0.1) is 0 Å². The van der Waals surface area contributed by atoms with Crippen LogP contribution in [-0.2, 0) is 0 Å². The number of aromatic nitrogens is 3. The van der Waals surface area contributed by atoms with Crippen molar-refractivity contribution in [3.8, 4) is 17.1 Å². The van der Waals surface area contributed by atoms with Crippen LogP contribution in [0.5, 0.6) is 0 Å². The fourth-order valence-electron chi connectivity index (χ4n) is 11.1. The molecule has 13 rings (SSSR count). The third kappa shape index (κ3) is 5.15. The highest BCUT2D eigenvalue weighted by Gasteiger charge is 2.43. The molecule has 3 heterocycles. The second kappa shape index (κ2) is 14.5. The largest absolute Gasteiger partial charge is 0.309 e. The molecular weight excluding hydrogens is 791 g/mol. The molecular formula is C60H41N3Si. The predicted molar refractivity (Wildman–Crippen MR) is 273 cm³/mol. The number of hydrogen-bond donors (Lipinski definition) is 0. The monoisotopic (exact) mass is 831 g/mol. The minimum Gasteiger partial charge on any atom is -0.309 e. The Kier molecular flexibility index (Phi) is 8.23. The SMILES string of the molecule is c1ccc(-n2c3cccc(-n4c5ccccc5c5ccccc54)c3c3cccc(-n4c5ccccc5c5cccc([Si](c6ccccc6)(c6ccccc6)c6ccccc6)c54)c32)cc1. The standard InChI is InChI=1S/C60H41N3Si/c1-5-22-42(23-6-1)61-54-38-21-39-55(62-51-35-16-13-30-46(51)47-31-14-17-36-52(47)62)58(54)50-34-19-40-56(59(50)61)63-53-37-18-15-32-48(53)49-33-20-41-57(60(49)63)64(43-24-7-2-8-25-43,44-26-9-3-10-27-44)45-28-11-4-12-29-45/h1-41H. The van der Waals surface area contributed by atoms with E-state index in [2.05, 4.69) is 262 Å². The van der Waals surface area contributed by atoms with Gasteiger partial charge in [0.05, 0.1) is 44.5 Å². The van der Waals surface area contributed by atoms with E-state index in [0.717, 1.165) is 16.9 Å². The fourth-order valence-corrected chi connectivity index (χ4v) is 16.0. The van der Waals surface area contributed by atoms with Crippen LogP contribution in [0.3, 0.4) is 0 Å². The molecule has 0 amide bonds. The molecule has 0 aliphatic rings. The zero-order chi connectivity index (χ0) is 42.2. The minimum absolute atomic E-state index is 1.12. The lowest BCUT2D eigenvalue weighted by Crippen LogP contribution is -2.75. The summed E-state index contributed by atoms with van der Waals surface area (Å²) < 4.78 is 7.60. The summed E-state index contributed by atoms with van der Waals surface area (Å²) in [6.07, 6.45) is 0. The van der Waals surface area contributed by atoms with Crippen LogP contribution in [0.1, 0.15) is 0 Å². The van der Waals surface area contributed by atoms with Gasteiger partial charge in [0.1, 0.15) is 0 Å². The van der Waals surface area contributed by atoms with E-state index in [9.17, 15) is 0 Å². The van der Waals surface area contributed by atoms with Gasteiger partial charge in [-0.25, -0.2) is 0 Å². The van der Waals surface area contributed by atoms with E-state index in [-0.39, 0.29) is 0 Å². The smallest absolute Gasteiger partial charge is 0.181 e. The molecule has 0 fully saturated rings. The third-order valence-electron chi connectivity index (χ3n) is 13.6. The molecule has 300 valence electrons. The zero-order valence-electron chi connectivity index (χ0n) is 35.0. The first-order valence-electron chi connectivity index (χ1n) is 22.1. The summed E-state index contributed by atoms with van der Waals surface area (Å²) in [7, 11) is -3.00. The lowest BCUT2D eigenvalue weighted by Gasteiger charge is -2.35. The van der Waals surface area contributed by atoms with Crippen LogP contribution in [0, 0.1) is 0 Å². The van der Waals surface area contributed by atoms with Gasteiger partial charge in [0.25, 0.3) is 0 Å². The number of benzene rings is 10. The Morgan fingerprint density at radius 3 is 1.23 bits per heavy atom. The molecule has 3 nitrogen and oxygen atoms in total. The van der Waals surface area contributed by atoms with Crippen molar-refractivity contribution >= 4 is 94.2 Å². The Hall–Kier alpha value is -8.18. The highest BCUT2D eigenvalue weighted by Crippen LogP contribution is 2.43. The summed E-state index contributed by atoms with van der Waals surface area (Å²) in [6, 6.07) is 92.4. The second-order valence-corrected chi connectivity index (χ2v) is 20.6. The molecule has 3 aromatic heterocycles. The van der Waals surface area contributed by atoms with Gasteiger partial charge in [-0.1, -0.05) is 200 Å². The quantitative estimate of drug-likeness (QED) is 0.112. The van der Waals surface area contributed by atoms with Crippen LogP contribution in [0.25, 0.3) is 82.5 Å². The van der Waals surface area contributed by atoms with Gasteiger partial charge in [-0.3, -0.25) is 0 Å². The number of rotatable bonds is 7. The Balaban J connectivity index is 1.23. The highest BCUT2D eigenvalue weighted by molar-refractivity contribution is 7.20. The summed E-state index contributed by atoms with van der Waals surface area (Å²) in [5.74, 6) is 0. The van der Waals surface area contributed by atoms with E-state index in [1.54, 1.807) is 0 Å². The minimum atomic E-state index is -3.00. The van der Waals surface area contributed by atoms with E-state index in [1.165, 1.54) is 86.3 Å². The Bertz CT molecular complexity index is 3730. The lowest BCUT2D eigenvalue weighted by atomic mass is 10.1. The van der Waals surface area contributed by atoms with Crippen molar-refractivity contribution in [3.63, 3.8) is 0 Å². The van der Waals surface area contributed by atoms with Gasteiger partial charge in [-0.2, -0.15) is 0 Å². The van der Waals surface area contributed by atoms with Gasteiger partial charge < -0.3 is 13.7 Å². The molecule has 0 unspecified atom stereocenters. The molecule has 0 saturated heterocycles. The Labute approximate surface area is 372 Å². The van der Waals surface area contributed by atoms with Crippen molar-refractivity contribution in [3.05, 3.63) is 249 Å². The number of hydrogen-bond acceptors (Lipinski definition) is 0. The molecule has 4 heteroatoms. The average molecular weight is 832 g/mol. The summed E-state index contributed by atoms with van der Waals surface area (Å²) in [5, 5.41) is 12.8. The molecule has 0 saturated carbocycles. The van der Waals surface area contributed by atoms with Crippen molar-refractivity contribution in [2.24, 2.45) is 0 Å².